The van der Waals surface area contributed by atoms with Gasteiger partial charge in [0, 0.05) is 41.5 Å². The summed E-state index contributed by atoms with van der Waals surface area (Å²) in [5.41, 5.74) is 3.32. The predicted molar refractivity (Wildman–Crippen MR) is 141 cm³/mol. The minimum absolute atomic E-state index is 0.0907. The Hall–Kier alpha value is -2.08. The average Bonchev–Trinajstić information content (AvgIpc) is 3.64. The number of fused-ring (bicyclic) bond motifs is 2. The maximum absolute atomic E-state index is 11.0. The van der Waals surface area contributed by atoms with Gasteiger partial charge in [0.1, 0.15) is 11.7 Å². The molecule has 2 spiro atoms. The summed E-state index contributed by atoms with van der Waals surface area (Å²) in [7, 11) is 1.89. The Labute approximate surface area is 220 Å². The molecule has 6 atom stereocenters. The number of phenolic OH excluding ortho intramolecular Hbond substituents is 1. The molecule has 5 aliphatic carbocycles. The van der Waals surface area contributed by atoms with Gasteiger partial charge in [0.2, 0.25) is 0 Å². The topological polar surface area (TPSA) is 51.2 Å². The van der Waals surface area contributed by atoms with Gasteiger partial charge in [0.05, 0.1) is 13.2 Å². The monoisotopic (exact) mass is 501 g/mol. The number of hydrogen-bond acceptors (Lipinski definition) is 5. The molecule has 2 aliphatic heterocycles. The third kappa shape index (κ3) is 2.71. The number of piperidine rings is 1. The number of methoxy groups -OCH3 is 1. The van der Waals surface area contributed by atoms with E-state index in [-0.39, 0.29) is 22.3 Å². The number of ether oxygens (including phenoxy) is 3. The molecular formula is C32H39NO4. The maximum atomic E-state index is 11.0. The lowest BCUT2D eigenvalue weighted by molar-refractivity contribution is -0.314. The number of rotatable bonds is 7. The van der Waals surface area contributed by atoms with Crippen molar-refractivity contribution in [3.05, 3.63) is 59.2 Å². The number of nitrogens with zero attached hydrogens (tertiary/aromatic N) is 1. The van der Waals surface area contributed by atoms with Gasteiger partial charge >= 0.3 is 0 Å². The molecule has 5 nitrogen and oxygen atoms in total. The Bertz CT molecular complexity index is 1240. The van der Waals surface area contributed by atoms with Crippen LogP contribution in [-0.2, 0) is 27.9 Å². The van der Waals surface area contributed by atoms with E-state index in [4.69, 9.17) is 14.2 Å². The molecule has 0 unspecified atom stereocenters. The molecule has 4 saturated carbocycles. The zero-order valence-electron chi connectivity index (χ0n) is 22.2. The van der Waals surface area contributed by atoms with Gasteiger partial charge in [-0.3, -0.25) is 4.90 Å². The lowest BCUT2D eigenvalue weighted by Gasteiger charge is -2.76. The van der Waals surface area contributed by atoms with Crippen LogP contribution in [-0.4, -0.2) is 54.6 Å². The van der Waals surface area contributed by atoms with Crippen molar-refractivity contribution in [2.24, 2.45) is 16.7 Å². The van der Waals surface area contributed by atoms with Crippen molar-refractivity contribution < 1.29 is 19.3 Å². The highest BCUT2D eigenvalue weighted by Gasteiger charge is 2.83. The second-order valence-corrected chi connectivity index (χ2v) is 13.3. The summed E-state index contributed by atoms with van der Waals surface area (Å²) in [4.78, 5) is 2.87. The highest BCUT2D eigenvalue weighted by molar-refractivity contribution is 5.63. The molecule has 1 N–H and O–H groups in total. The molecule has 196 valence electrons. The van der Waals surface area contributed by atoms with Gasteiger partial charge in [-0.1, -0.05) is 43.3 Å². The average molecular weight is 502 g/mol. The van der Waals surface area contributed by atoms with Crippen LogP contribution >= 0.6 is 0 Å². The Balaban J connectivity index is 1.25. The standard InChI is InChI=1S/C32H39NO4/c1-29(20-36-18-22-6-4-3-5-7-22)19-30-12-13-32(29,35-2)28-31(30)14-15-33(17-21-8-9-21)25(30)16-23-10-11-24(34)27(37-28)26(23)31/h3-7,10-11,21,25,28,34H,8-9,12-20H2,1-2H3/t25-,28-,29-,30-,31+,32+/m1/s1. The van der Waals surface area contributed by atoms with Crippen LogP contribution in [0, 0.1) is 16.7 Å². The minimum Gasteiger partial charge on any atom is -0.504 e. The summed E-state index contributed by atoms with van der Waals surface area (Å²) < 4.78 is 20.2. The molecule has 0 amide bonds. The summed E-state index contributed by atoms with van der Waals surface area (Å²) in [6.45, 7) is 6.03. The molecule has 2 heterocycles. The first-order valence-electron chi connectivity index (χ1n) is 14.4. The summed E-state index contributed by atoms with van der Waals surface area (Å²) in [6.07, 6.45) is 8.08. The summed E-state index contributed by atoms with van der Waals surface area (Å²) in [5.74, 6) is 1.92. The summed E-state index contributed by atoms with van der Waals surface area (Å²) in [6, 6.07) is 15.0. The van der Waals surface area contributed by atoms with E-state index in [1.165, 1.54) is 36.1 Å². The fourth-order valence-electron chi connectivity index (χ4n) is 10.1. The van der Waals surface area contributed by atoms with E-state index in [1.54, 1.807) is 0 Å². The van der Waals surface area contributed by atoms with E-state index in [1.807, 2.05) is 13.2 Å². The molecule has 0 radical (unpaired) electrons. The number of hydrogen-bond donors (Lipinski definition) is 1. The molecule has 2 aromatic carbocycles. The lowest BCUT2D eigenvalue weighted by atomic mass is 9.32. The molecule has 5 heteroatoms. The first-order chi connectivity index (χ1) is 18.0. The van der Waals surface area contributed by atoms with Crippen molar-refractivity contribution in [3.63, 3.8) is 0 Å². The maximum Gasteiger partial charge on any atom is 0.165 e. The predicted octanol–water partition coefficient (Wildman–Crippen LogP) is 5.22. The van der Waals surface area contributed by atoms with Crippen LogP contribution in [0.4, 0.5) is 0 Å². The third-order valence-corrected chi connectivity index (χ3v) is 11.7. The number of likely N-dealkylation sites (tertiary alicyclic amines) is 1. The Morgan fingerprint density at radius 1 is 1.08 bits per heavy atom. The quantitative estimate of drug-likeness (QED) is 0.564. The van der Waals surface area contributed by atoms with Crippen LogP contribution in [0.15, 0.2) is 42.5 Å². The normalized spacial score (nSPS) is 40.9. The van der Waals surface area contributed by atoms with E-state index in [9.17, 15) is 5.11 Å². The molecule has 2 aromatic rings. The van der Waals surface area contributed by atoms with Gasteiger partial charge in [-0.2, -0.15) is 0 Å². The molecular weight excluding hydrogens is 462 g/mol. The number of aromatic hydroxyl groups is 1. The van der Waals surface area contributed by atoms with Crippen LogP contribution in [0.1, 0.15) is 62.1 Å². The van der Waals surface area contributed by atoms with Crippen molar-refractivity contribution >= 4 is 0 Å². The van der Waals surface area contributed by atoms with E-state index in [2.05, 4.69) is 48.2 Å². The van der Waals surface area contributed by atoms with Crippen molar-refractivity contribution in [3.8, 4) is 11.5 Å². The Morgan fingerprint density at radius 3 is 2.70 bits per heavy atom. The molecule has 4 bridgehead atoms. The second kappa shape index (κ2) is 7.52. The van der Waals surface area contributed by atoms with Gasteiger partial charge in [-0.05, 0) is 74.6 Å². The Morgan fingerprint density at radius 2 is 1.92 bits per heavy atom. The van der Waals surface area contributed by atoms with Crippen LogP contribution < -0.4 is 4.74 Å². The van der Waals surface area contributed by atoms with Crippen molar-refractivity contribution in [1.82, 2.24) is 4.90 Å². The first-order valence-corrected chi connectivity index (χ1v) is 14.4. The highest BCUT2D eigenvalue weighted by atomic mass is 16.6. The van der Waals surface area contributed by atoms with Crippen LogP contribution in [0.3, 0.4) is 0 Å². The van der Waals surface area contributed by atoms with Gasteiger partial charge in [-0.25, -0.2) is 0 Å². The van der Waals surface area contributed by atoms with Crippen LogP contribution in [0.5, 0.6) is 11.5 Å². The minimum atomic E-state index is -0.450. The van der Waals surface area contributed by atoms with E-state index >= 15 is 0 Å². The summed E-state index contributed by atoms with van der Waals surface area (Å²) in [5, 5.41) is 11.0. The number of benzene rings is 2. The highest BCUT2D eigenvalue weighted by Crippen LogP contribution is 2.79. The van der Waals surface area contributed by atoms with Crippen molar-refractivity contribution in [2.75, 3.05) is 26.8 Å². The second-order valence-electron chi connectivity index (χ2n) is 13.3. The fraction of sp³-hybridized carbons (Fsp3) is 0.625. The SMILES string of the molecule is CO[C@]12CC[C@@]3(C[C@]1(C)COCc1ccccc1)[C@H]1Cc4ccc(O)c5c4[C@@]3(CCN1CC1CC1)[C@H]2O5. The summed E-state index contributed by atoms with van der Waals surface area (Å²) >= 11 is 0. The fourth-order valence-corrected chi connectivity index (χ4v) is 10.1. The Kier molecular flexibility index (Phi) is 4.65. The smallest absolute Gasteiger partial charge is 0.165 e. The van der Waals surface area contributed by atoms with Gasteiger partial charge in [-0.15, -0.1) is 0 Å². The van der Waals surface area contributed by atoms with Gasteiger partial charge < -0.3 is 19.3 Å². The molecule has 7 aliphatic rings. The van der Waals surface area contributed by atoms with E-state index in [0.717, 1.165) is 50.3 Å². The van der Waals surface area contributed by atoms with Crippen molar-refractivity contribution in [2.45, 2.75) is 81.6 Å². The third-order valence-electron chi connectivity index (χ3n) is 11.7. The van der Waals surface area contributed by atoms with Crippen LogP contribution in [0.25, 0.3) is 0 Å². The zero-order valence-corrected chi connectivity index (χ0v) is 22.2. The van der Waals surface area contributed by atoms with Crippen molar-refractivity contribution in [1.29, 1.82) is 0 Å². The lowest BCUT2D eigenvalue weighted by Crippen LogP contribution is -2.83. The van der Waals surface area contributed by atoms with Gasteiger partial charge in [0.25, 0.3) is 0 Å². The molecule has 9 rings (SSSR count). The van der Waals surface area contributed by atoms with Gasteiger partial charge in [0.15, 0.2) is 11.5 Å². The largest absolute Gasteiger partial charge is 0.504 e. The molecule has 37 heavy (non-hydrogen) atoms. The van der Waals surface area contributed by atoms with E-state index in [0.29, 0.717) is 25.0 Å². The number of phenols is 1. The van der Waals surface area contributed by atoms with E-state index < -0.39 is 5.60 Å². The molecule has 5 fully saturated rings. The van der Waals surface area contributed by atoms with Crippen LogP contribution in [0.2, 0.25) is 0 Å². The molecule has 0 aromatic heterocycles. The first kappa shape index (κ1) is 22.9. The zero-order chi connectivity index (χ0) is 25.0. The molecule has 1 saturated heterocycles.